The summed E-state index contributed by atoms with van der Waals surface area (Å²) in [6, 6.07) is 8.99. The van der Waals surface area contributed by atoms with Gasteiger partial charge in [0.1, 0.15) is 5.69 Å². The van der Waals surface area contributed by atoms with E-state index < -0.39 is 0 Å². The summed E-state index contributed by atoms with van der Waals surface area (Å²) in [6.07, 6.45) is 3.42. The molecule has 0 radical (unpaired) electrons. The summed E-state index contributed by atoms with van der Waals surface area (Å²) in [5.74, 6) is 0. The predicted molar refractivity (Wildman–Crippen MR) is 69.4 cm³/mol. The van der Waals surface area contributed by atoms with Gasteiger partial charge >= 0.3 is 0 Å². The molecule has 18 heavy (non-hydrogen) atoms. The van der Waals surface area contributed by atoms with Gasteiger partial charge in [0.25, 0.3) is 5.69 Å². The second kappa shape index (κ2) is 5.27. The third kappa shape index (κ3) is 2.63. The molecule has 1 aromatic heterocycles. The molecule has 0 fully saturated rings. The summed E-state index contributed by atoms with van der Waals surface area (Å²) in [5.41, 5.74) is 2.29. The van der Waals surface area contributed by atoms with Gasteiger partial charge in [0, 0.05) is 24.5 Å². The Kier molecular flexibility index (Phi) is 3.52. The number of hydrogen-bond donors (Lipinski definition) is 1. The second-order valence-electron chi connectivity index (χ2n) is 3.94. The molecule has 1 heterocycles. The minimum atomic E-state index is -0.360. The van der Waals surface area contributed by atoms with Crippen LogP contribution in [0.4, 0.5) is 11.4 Å². The molecule has 2 rings (SSSR count). The van der Waals surface area contributed by atoms with E-state index in [1.165, 1.54) is 0 Å². The molecule has 0 aliphatic rings. The van der Waals surface area contributed by atoms with Crippen molar-refractivity contribution in [2.24, 2.45) is 0 Å². The zero-order valence-corrected chi connectivity index (χ0v) is 9.96. The van der Waals surface area contributed by atoms with Crippen molar-refractivity contribution in [2.75, 3.05) is 5.32 Å². The van der Waals surface area contributed by atoms with Gasteiger partial charge < -0.3 is 5.32 Å². The summed E-state index contributed by atoms with van der Waals surface area (Å²) < 4.78 is 0. The SMILES string of the molecule is Cc1cccc(NCc2cccnc2)c1[N+](=O)[O-]. The first-order chi connectivity index (χ1) is 8.68. The standard InChI is InChI=1S/C13H13N3O2/c1-10-4-2-6-12(13(10)16(17)18)15-9-11-5-3-7-14-8-11/h2-8,15H,9H2,1H3. The van der Waals surface area contributed by atoms with Gasteiger partial charge in [-0.25, -0.2) is 0 Å². The van der Waals surface area contributed by atoms with Crippen molar-refractivity contribution >= 4 is 11.4 Å². The molecule has 0 aliphatic carbocycles. The Labute approximate surface area is 105 Å². The number of anilines is 1. The fraction of sp³-hybridized carbons (Fsp3) is 0.154. The number of nitro groups is 1. The molecule has 2 aromatic rings. The van der Waals surface area contributed by atoms with Gasteiger partial charge in [-0.15, -0.1) is 0 Å². The molecular formula is C13H13N3O2. The van der Waals surface area contributed by atoms with E-state index in [-0.39, 0.29) is 10.6 Å². The van der Waals surface area contributed by atoms with E-state index in [0.29, 0.717) is 17.8 Å². The first kappa shape index (κ1) is 12.0. The van der Waals surface area contributed by atoms with Crippen LogP contribution in [0.3, 0.4) is 0 Å². The van der Waals surface area contributed by atoms with Gasteiger partial charge in [-0.3, -0.25) is 15.1 Å². The van der Waals surface area contributed by atoms with Crippen LogP contribution in [0.5, 0.6) is 0 Å². The predicted octanol–water partition coefficient (Wildman–Crippen LogP) is 2.91. The van der Waals surface area contributed by atoms with Gasteiger partial charge in [-0.05, 0) is 24.6 Å². The molecule has 5 nitrogen and oxygen atoms in total. The van der Waals surface area contributed by atoms with Gasteiger partial charge in [0.15, 0.2) is 0 Å². The van der Waals surface area contributed by atoms with E-state index in [4.69, 9.17) is 0 Å². The van der Waals surface area contributed by atoms with Crippen molar-refractivity contribution in [3.63, 3.8) is 0 Å². The molecule has 1 aromatic carbocycles. The van der Waals surface area contributed by atoms with Crippen LogP contribution in [-0.2, 0) is 6.54 Å². The van der Waals surface area contributed by atoms with Crippen LogP contribution in [0.15, 0.2) is 42.7 Å². The minimum absolute atomic E-state index is 0.126. The van der Waals surface area contributed by atoms with E-state index in [0.717, 1.165) is 5.56 Å². The Morgan fingerprint density at radius 2 is 2.17 bits per heavy atom. The van der Waals surface area contributed by atoms with Crippen LogP contribution >= 0.6 is 0 Å². The molecule has 0 unspecified atom stereocenters. The number of nitro benzene ring substituents is 1. The Hall–Kier alpha value is -2.43. The van der Waals surface area contributed by atoms with Crippen LogP contribution in [-0.4, -0.2) is 9.91 Å². The number of rotatable bonds is 4. The minimum Gasteiger partial charge on any atom is -0.375 e. The molecular weight excluding hydrogens is 230 g/mol. The van der Waals surface area contributed by atoms with Crippen LogP contribution in [0.25, 0.3) is 0 Å². The molecule has 0 saturated carbocycles. The highest BCUT2D eigenvalue weighted by molar-refractivity contribution is 5.65. The fourth-order valence-corrected chi connectivity index (χ4v) is 1.74. The summed E-state index contributed by atoms with van der Waals surface area (Å²) in [5, 5.41) is 14.1. The third-order valence-corrected chi connectivity index (χ3v) is 2.63. The summed E-state index contributed by atoms with van der Waals surface area (Å²) >= 11 is 0. The van der Waals surface area contributed by atoms with Crippen LogP contribution in [0, 0.1) is 17.0 Å². The topological polar surface area (TPSA) is 68.1 Å². The second-order valence-corrected chi connectivity index (χ2v) is 3.94. The van der Waals surface area contributed by atoms with E-state index in [1.807, 2.05) is 12.1 Å². The average molecular weight is 243 g/mol. The largest absolute Gasteiger partial charge is 0.375 e. The van der Waals surface area contributed by atoms with Crippen LogP contribution in [0.2, 0.25) is 0 Å². The summed E-state index contributed by atoms with van der Waals surface area (Å²) in [6.45, 7) is 2.24. The van der Waals surface area contributed by atoms with Gasteiger partial charge in [0.2, 0.25) is 0 Å². The maximum absolute atomic E-state index is 11.0. The first-order valence-electron chi connectivity index (χ1n) is 5.55. The van der Waals surface area contributed by atoms with Gasteiger partial charge in [-0.1, -0.05) is 18.2 Å². The number of para-hydroxylation sites is 1. The lowest BCUT2D eigenvalue weighted by Gasteiger charge is -2.08. The zero-order chi connectivity index (χ0) is 13.0. The monoisotopic (exact) mass is 243 g/mol. The number of aryl methyl sites for hydroxylation is 1. The molecule has 0 bridgehead atoms. The quantitative estimate of drug-likeness (QED) is 0.662. The lowest BCUT2D eigenvalue weighted by molar-refractivity contribution is -0.384. The normalized spacial score (nSPS) is 10.1. The number of benzene rings is 1. The highest BCUT2D eigenvalue weighted by Crippen LogP contribution is 2.28. The van der Waals surface area contributed by atoms with E-state index in [9.17, 15) is 10.1 Å². The average Bonchev–Trinajstić information content (AvgIpc) is 2.37. The number of aromatic nitrogens is 1. The number of pyridine rings is 1. The molecule has 0 saturated heterocycles. The maximum Gasteiger partial charge on any atom is 0.295 e. The fourth-order valence-electron chi connectivity index (χ4n) is 1.74. The van der Waals surface area contributed by atoms with Crippen molar-refractivity contribution in [3.05, 3.63) is 64.0 Å². The van der Waals surface area contributed by atoms with Gasteiger partial charge in [0.05, 0.1) is 4.92 Å². The van der Waals surface area contributed by atoms with Crippen molar-refractivity contribution in [2.45, 2.75) is 13.5 Å². The molecule has 0 amide bonds. The Balaban J connectivity index is 2.20. The van der Waals surface area contributed by atoms with Crippen molar-refractivity contribution in [1.29, 1.82) is 0 Å². The van der Waals surface area contributed by atoms with E-state index >= 15 is 0 Å². The van der Waals surface area contributed by atoms with Crippen molar-refractivity contribution < 1.29 is 4.92 Å². The van der Waals surface area contributed by atoms with Crippen LogP contribution in [0.1, 0.15) is 11.1 Å². The molecule has 5 heteroatoms. The Morgan fingerprint density at radius 3 is 2.83 bits per heavy atom. The zero-order valence-electron chi connectivity index (χ0n) is 9.96. The van der Waals surface area contributed by atoms with Crippen molar-refractivity contribution in [3.8, 4) is 0 Å². The molecule has 92 valence electrons. The molecule has 0 atom stereocenters. The summed E-state index contributed by atoms with van der Waals surface area (Å²) in [4.78, 5) is 14.6. The molecule has 0 spiro atoms. The molecule has 1 N–H and O–H groups in total. The van der Waals surface area contributed by atoms with E-state index in [1.54, 1.807) is 37.5 Å². The van der Waals surface area contributed by atoms with Crippen molar-refractivity contribution in [1.82, 2.24) is 4.98 Å². The lowest BCUT2D eigenvalue weighted by atomic mass is 10.1. The number of nitrogens with one attached hydrogen (secondary N) is 1. The third-order valence-electron chi connectivity index (χ3n) is 2.63. The maximum atomic E-state index is 11.0. The Morgan fingerprint density at radius 1 is 1.33 bits per heavy atom. The highest BCUT2D eigenvalue weighted by Gasteiger charge is 2.16. The van der Waals surface area contributed by atoms with Crippen LogP contribution < -0.4 is 5.32 Å². The smallest absolute Gasteiger partial charge is 0.295 e. The molecule has 0 aliphatic heterocycles. The Bertz CT molecular complexity index is 555. The number of nitrogens with zero attached hydrogens (tertiary/aromatic N) is 2. The first-order valence-corrected chi connectivity index (χ1v) is 5.55. The lowest BCUT2D eigenvalue weighted by Crippen LogP contribution is -2.03. The van der Waals surface area contributed by atoms with Gasteiger partial charge in [-0.2, -0.15) is 0 Å². The summed E-state index contributed by atoms with van der Waals surface area (Å²) in [7, 11) is 0. The van der Waals surface area contributed by atoms with E-state index in [2.05, 4.69) is 10.3 Å². The number of hydrogen-bond acceptors (Lipinski definition) is 4. The highest BCUT2D eigenvalue weighted by atomic mass is 16.6.